The lowest BCUT2D eigenvalue weighted by atomic mass is 10.0. The number of amides is 1. The molecule has 9 heteroatoms. The van der Waals surface area contributed by atoms with Crippen molar-refractivity contribution in [2.45, 2.75) is 13.8 Å². The summed E-state index contributed by atoms with van der Waals surface area (Å²) < 4.78 is 18.8. The van der Waals surface area contributed by atoms with Crippen LogP contribution in [0.3, 0.4) is 0 Å². The van der Waals surface area contributed by atoms with Gasteiger partial charge in [0.25, 0.3) is 5.91 Å². The monoisotopic (exact) mass is 437 g/mol. The zero-order valence-electron chi connectivity index (χ0n) is 17.0. The lowest BCUT2D eigenvalue weighted by Crippen LogP contribution is -2.45. The lowest BCUT2D eigenvalue weighted by molar-refractivity contribution is 0.0983. The van der Waals surface area contributed by atoms with Gasteiger partial charge >= 0.3 is 6.01 Å². The second kappa shape index (κ2) is 7.85. The highest BCUT2D eigenvalue weighted by atomic mass is 35.5. The van der Waals surface area contributed by atoms with Gasteiger partial charge in [0.2, 0.25) is 0 Å². The van der Waals surface area contributed by atoms with Gasteiger partial charge in [0.1, 0.15) is 18.6 Å². The maximum Gasteiger partial charge on any atom is 0.316 e. The van der Waals surface area contributed by atoms with E-state index in [9.17, 15) is 14.4 Å². The van der Waals surface area contributed by atoms with E-state index in [1.165, 1.54) is 36.4 Å². The summed E-state index contributed by atoms with van der Waals surface area (Å²) in [4.78, 5) is 25.2. The number of nitriles is 1. The van der Waals surface area contributed by atoms with Crippen LogP contribution < -0.4 is 14.5 Å². The Morgan fingerprint density at radius 1 is 1.16 bits per heavy atom. The Morgan fingerprint density at radius 3 is 2.58 bits per heavy atom. The average molecular weight is 438 g/mol. The van der Waals surface area contributed by atoms with Gasteiger partial charge in [0, 0.05) is 5.69 Å². The van der Waals surface area contributed by atoms with Crippen LogP contribution in [0.25, 0.3) is 0 Å². The summed E-state index contributed by atoms with van der Waals surface area (Å²) in [6.07, 6.45) is 1.52. The molecule has 2 aromatic carbocycles. The third-order valence-electron chi connectivity index (χ3n) is 5.11. The minimum absolute atomic E-state index is 0.112. The van der Waals surface area contributed by atoms with E-state index < -0.39 is 0 Å². The summed E-state index contributed by atoms with van der Waals surface area (Å²) in [7, 11) is 1.46. The van der Waals surface area contributed by atoms with Crippen LogP contribution in [-0.4, -0.2) is 29.7 Å². The van der Waals surface area contributed by atoms with Crippen LogP contribution in [0.15, 0.2) is 36.5 Å². The molecule has 0 spiro atoms. The van der Waals surface area contributed by atoms with Gasteiger partial charge < -0.3 is 9.64 Å². The summed E-state index contributed by atoms with van der Waals surface area (Å²) in [5.41, 5.74) is 3.50. The van der Waals surface area contributed by atoms with Gasteiger partial charge in [-0.15, -0.1) is 0 Å². The van der Waals surface area contributed by atoms with Crippen molar-refractivity contribution in [3.63, 3.8) is 0 Å². The molecular weight excluding hydrogens is 421 g/mol. The largest absolute Gasteiger partial charge is 0.467 e. The molecule has 31 heavy (non-hydrogen) atoms. The number of aryl methyl sites for hydroxylation is 2. The molecule has 0 fully saturated rings. The fourth-order valence-electron chi connectivity index (χ4n) is 3.59. The second-order valence-electron chi connectivity index (χ2n) is 7.02. The number of hydrogen-bond acceptors (Lipinski definition) is 6. The number of fused-ring (bicyclic) bond motifs is 1. The molecule has 0 atom stereocenters. The van der Waals surface area contributed by atoms with E-state index in [4.69, 9.17) is 16.3 Å². The van der Waals surface area contributed by atoms with Gasteiger partial charge in [-0.25, -0.2) is 9.37 Å². The summed E-state index contributed by atoms with van der Waals surface area (Å²) in [5.74, 6) is -0.672. The molecule has 7 nitrogen and oxygen atoms in total. The van der Waals surface area contributed by atoms with E-state index in [0.29, 0.717) is 33.9 Å². The first-order valence-electron chi connectivity index (χ1n) is 9.31. The highest BCUT2D eigenvalue weighted by molar-refractivity contribution is 6.32. The molecule has 4 rings (SSSR count). The number of halogens is 2. The molecule has 0 saturated carbocycles. The van der Waals surface area contributed by atoms with Crippen molar-refractivity contribution >= 4 is 34.6 Å². The quantitative estimate of drug-likeness (QED) is 0.599. The van der Waals surface area contributed by atoms with Crippen molar-refractivity contribution in [1.29, 1.82) is 5.26 Å². The molecule has 0 bridgehead atoms. The fraction of sp³-hybridized carbons (Fsp3) is 0.182. The van der Waals surface area contributed by atoms with Gasteiger partial charge in [-0.1, -0.05) is 11.6 Å². The van der Waals surface area contributed by atoms with E-state index in [-0.39, 0.29) is 35.0 Å². The van der Waals surface area contributed by atoms with Crippen LogP contribution in [0, 0.1) is 31.0 Å². The summed E-state index contributed by atoms with van der Waals surface area (Å²) in [6, 6.07) is 9.70. The molecule has 156 valence electrons. The van der Waals surface area contributed by atoms with Gasteiger partial charge in [0.05, 0.1) is 46.5 Å². The van der Waals surface area contributed by atoms with E-state index in [2.05, 4.69) is 9.97 Å². The number of aromatic nitrogens is 2. The number of anilines is 3. The SMILES string of the molecule is COc1ncc(N2CN(c3ccc(F)cc3C)c3cc(C#N)c(Cl)cc3C2=O)c(C)n1. The predicted molar refractivity (Wildman–Crippen MR) is 114 cm³/mol. The molecule has 0 unspecified atom stereocenters. The third-order valence-corrected chi connectivity index (χ3v) is 5.42. The van der Waals surface area contributed by atoms with E-state index in [0.717, 1.165) is 0 Å². The van der Waals surface area contributed by atoms with Crippen molar-refractivity contribution in [2.24, 2.45) is 0 Å². The Bertz CT molecular complexity index is 1260. The minimum atomic E-state index is -0.361. The zero-order chi connectivity index (χ0) is 22.3. The first kappa shape index (κ1) is 20.6. The number of carbonyl (C=O) groups is 1. The normalized spacial score (nSPS) is 13.1. The van der Waals surface area contributed by atoms with E-state index in [1.807, 2.05) is 11.0 Å². The van der Waals surface area contributed by atoms with Crippen LogP contribution in [-0.2, 0) is 0 Å². The molecule has 0 saturated heterocycles. The van der Waals surface area contributed by atoms with Gasteiger partial charge in [0.15, 0.2) is 0 Å². The number of nitrogens with zero attached hydrogens (tertiary/aromatic N) is 5. The number of rotatable bonds is 3. The molecule has 3 aromatic rings. The van der Waals surface area contributed by atoms with Crippen LogP contribution in [0.4, 0.5) is 21.5 Å². The Morgan fingerprint density at radius 2 is 1.94 bits per heavy atom. The third kappa shape index (κ3) is 3.53. The topological polar surface area (TPSA) is 82.4 Å². The highest BCUT2D eigenvalue weighted by Crippen LogP contribution is 2.39. The van der Waals surface area contributed by atoms with E-state index >= 15 is 0 Å². The summed E-state index contributed by atoms with van der Waals surface area (Å²) >= 11 is 6.23. The maximum atomic E-state index is 13.7. The van der Waals surface area contributed by atoms with Crippen molar-refractivity contribution < 1.29 is 13.9 Å². The van der Waals surface area contributed by atoms with Gasteiger partial charge in [-0.05, 0) is 49.7 Å². The van der Waals surface area contributed by atoms with E-state index in [1.54, 1.807) is 26.0 Å². The summed E-state index contributed by atoms with van der Waals surface area (Å²) in [5, 5.41) is 9.60. The van der Waals surface area contributed by atoms with Crippen molar-refractivity contribution in [2.75, 3.05) is 23.6 Å². The number of methoxy groups -OCH3 is 1. The Hall–Kier alpha value is -3.70. The smallest absolute Gasteiger partial charge is 0.316 e. The summed E-state index contributed by atoms with van der Waals surface area (Å²) in [6.45, 7) is 3.64. The first-order valence-corrected chi connectivity index (χ1v) is 9.68. The molecule has 1 amide bonds. The number of ether oxygens (including phenoxy) is 1. The Labute approximate surface area is 183 Å². The van der Waals surface area contributed by atoms with Crippen LogP contribution >= 0.6 is 11.6 Å². The van der Waals surface area contributed by atoms with Crippen LogP contribution in [0.2, 0.25) is 5.02 Å². The zero-order valence-corrected chi connectivity index (χ0v) is 17.7. The highest BCUT2D eigenvalue weighted by Gasteiger charge is 2.34. The van der Waals surface area contributed by atoms with Crippen molar-refractivity contribution in [3.05, 3.63) is 69.8 Å². The van der Waals surface area contributed by atoms with Crippen molar-refractivity contribution in [3.8, 4) is 12.1 Å². The van der Waals surface area contributed by atoms with Crippen molar-refractivity contribution in [1.82, 2.24) is 9.97 Å². The lowest BCUT2D eigenvalue weighted by Gasteiger charge is -2.39. The molecule has 1 aliphatic heterocycles. The maximum absolute atomic E-state index is 13.7. The number of hydrogen-bond donors (Lipinski definition) is 0. The molecule has 1 aromatic heterocycles. The number of benzene rings is 2. The standard InChI is InChI=1S/C22H17ClFN5O2/c1-12-6-15(24)4-5-18(12)28-11-29(20-10-26-22(31-3)27-13(20)2)21(30)16-8-17(23)14(9-25)7-19(16)28/h4-8,10H,11H2,1-3H3. The molecule has 0 aliphatic carbocycles. The van der Waals surface area contributed by atoms with Gasteiger partial charge in [-0.3, -0.25) is 9.69 Å². The van der Waals surface area contributed by atoms with Crippen LogP contribution in [0.1, 0.15) is 27.2 Å². The average Bonchev–Trinajstić information content (AvgIpc) is 2.75. The molecule has 0 radical (unpaired) electrons. The van der Waals surface area contributed by atoms with Crippen LogP contribution in [0.5, 0.6) is 6.01 Å². The minimum Gasteiger partial charge on any atom is -0.467 e. The molecule has 2 heterocycles. The molecule has 0 N–H and O–H groups in total. The number of carbonyl (C=O) groups excluding carboxylic acids is 1. The second-order valence-corrected chi connectivity index (χ2v) is 7.43. The van der Waals surface area contributed by atoms with Gasteiger partial charge in [-0.2, -0.15) is 10.2 Å². The molecule has 1 aliphatic rings. The predicted octanol–water partition coefficient (Wildman–Crippen LogP) is 4.52. The first-order chi connectivity index (χ1) is 14.8. The Kier molecular flexibility index (Phi) is 5.21. The Balaban J connectivity index is 1.92. The fourth-order valence-corrected chi connectivity index (χ4v) is 3.79. The molecular formula is C22H17ClFN5O2.